The van der Waals surface area contributed by atoms with Crippen molar-refractivity contribution in [3.63, 3.8) is 0 Å². The van der Waals surface area contributed by atoms with Crippen molar-refractivity contribution >= 4 is 17.8 Å². The lowest BCUT2D eigenvalue weighted by Crippen LogP contribution is -2.33. The van der Waals surface area contributed by atoms with Crippen molar-refractivity contribution in [1.29, 1.82) is 0 Å². The number of imide groups is 1. The van der Waals surface area contributed by atoms with Gasteiger partial charge in [-0.25, -0.2) is 4.79 Å². The summed E-state index contributed by atoms with van der Waals surface area (Å²) in [5, 5.41) is 0. The zero-order chi connectivity index (χ0) is 26.3. The molecule has 0 bridgehead atoms. The molecule has 0 saturated heterocycles. The van der Waals surface area contributed by atoms with Crippen molar-refractivity contribution < 1.29 is 52.3 Å². The molecule has 1 aliphatic heterocycles. The molecular formula is C24H39NO11. The SMILES string of the molecule is C=C(C)C(=O)OCCOCCOCCOCCOCCOCCOCCOCCN1C(=O)C=CC1=O. The monoisotopic (exact) mass is 517 g/mol. The molecule has 1 heterocycles. The van der Waals surface area contributed by atoms with Gasteiger partial charge in [0.25, 0.3) is 11.8 Å². The Morgan fingerprint density at radius 1 is 0.611 bits per heavy atom. The first kappa shape index (κ1) is 31.8. The fourth-order valence-corrected chi connectivity index (χ4v) is 2.55. The Morgan fingerprint density at radius 2 is 0.917 bits per heavy atom. The molecule has 206 valence electrons. The van der Waals surface area contributed by atoms with Gasteiger partial charge in [0.15, 0.2) is 0 Å². The van der Waals surface area contributed by atoms with Gasteiger partial charge in [0.2, 0.25) is 0 Å². The third-order valence-electron chi connectivity index (χ3n) is 4.40. The summed E-state index contributed by atoms with van der Waals surface area (Å²) < 4.78 is 42.5. The average Bonchev–Trinajstić information content (AvgIpc) is 3.18. The molecule has 0 fully saturated rings. The van der Waals surface area contributed by atoms with E-state index < -0.39 is 5.97 Å². The van der Waals surface area contributed by atoms with Crippen LogP contribution in [0.25, 0.3) is 0 Å². The molecule has 1 rings (SSSR count). The summed E-state index contributed by atoms with van der Waals surface area (Å²) in [4.78, 5) is 35.0. The van der Waals surface area contributed by atoms with E-state index in [1.807, 2.05) is 0 Å². The molecule has 0 aromatic heterocycles. The van der Waals surface area contributed by atoms with E-state index in [0.717, 1.165) is 4.90 Å². The van der Waals surface area contributed by atoms with Crippen molar-refractivity contribution in [2.75, 3.05) is 106 Å². The molecular weight excluding hydrogens is 478 g/mol. The second kappa shape index (κ2) is 22.0. The zero-order valence-electron chi connectivity index (χ0n) is 21.1. The Bertz CT molecular complexity index is 650. The van der Waals surface area contributed by atoms with Gasteiger partial charge in [0, 0.05) is 17.7 Å². The van der Waals surface area contributed by atoms with Crippen LogP contribution in [0, 0.1) is 0 Å². The Hall–Kier alpha value is -2.19. The predicted molar refractivity (Wildman–Crippen MR) is 127 cm³/mol. The van der Waals surface area contributed by atoms with Crippen LogP contribution in [0.4, 0.5) is 0 Å². The lowest BCUT2D eigenvalue weighted by molar-refractivity contribution is -0.141. The normalized spacial score (nSPS) is 13.1. The van der Waals surface area contributed by atoms with Gasteiger partial charge in [-0.05, 0) is 6.92 Å². The maximum Gasteiger partial charge on any atom is 0.333 e. The van der Waals surface area contributed by atoms with E-state index in [1.165, 1.54) is 12.2 Å². The maximum absolute atomic E-state index is 11.4. The topological polar surface area (TPSA) is 128 Å². The Morgan fingerprint density at radius 3 is 1.25 bits per heavy atom. The summed E-state index contributed by atoms with van der Waals surface area (Å²) in [6.45, 7) is 11.4. The third kappa shape index (κ3) is 17.3. The summed E-state index contributed by atoms with van der Waals surface area (Å²) in [5.74, 6) is -1.04. The van der Waals surface area contributed by atoms with Crippen LogP contribution in [0.2, 0.25) is 0 Å². The third-order valence-corrected chi connectivity index (χ3v) is 4.40. The van der Waals surface area contributed by atoms with Gasteiger partial charge in [-0.2, -0.15) is 0 Å². The quantitative estimate of drug-likeness (QED) is 0.0710. The van der Waals surface area contributed by atoms with Crippen molar-refractivity contribution in [2.45, 2.75) is 6.92 Å². The number of esters is 1. The highest BCUT2D eigenvalue weighted by molar-refractivity contribution is 6.12. The highest BCUT2D eigenvalue weighted by atomic mass is 16.6. The van der Waals surface area contributed by atoms with Crippen LogP contribution in [-0.2, 0) is 52.3 Å². The fourth-order valence-electron chi connectivity index (χ4n) is 2.55. The van der Waals surface area contributed by atoms with Gasteiger partial charge in [-0.3, -0.25) is 14.5 Å². The van der Waals surface area contributed by atoms with E-state index in [0.29, 0.717) is 91.5 Å². The van der Waals surface area contributed by atoms with Gasteiger partial charge in [-0.15, -0.1) is 0 Å². The highest BCUT2D eigenvalue weighted by Crippen LogP contribution is 2.02. The Labute approximate surface area is 212 Å². The van der Waals surface area contributed by atoms with Crippen molar-refractivity contribution in [3.8, 4) is 0 Å². The molecule has 1 aliphatic rings. The van der Waals surface area contributed by atoms with Gasteiger partial charge >= 0.3 is 5.97 Å². The minimum absolute atomic E-state index is 0.192. The highest BCUT2D eigenvalue weighted by Gasteiger charge is 2.22. The van der Waals surface area contributed by atoms with Crippen LogP contribution in [0.1, 0.15) is 6.92 Å². The molecule has 0 saturated carbocycles. The summed E-state index contributed by atoms with van der Waals surface area (Å²) >= 11 is 0. The molecule has 2 amide bonds. The first-order valence-corrected chi connectivity index (χ1v) is 11.9. The first-order valence-electron chi connectivity index (χ1n) is 11.9. The maximum atomic E-state index is 11.4. The van der Waals surface area contributed by atoms with Crippen molar-refractivity contribution in [1.82, 2.24) is 4.90 Å². The molecule has 36 heavy (non-hydrogen) atoms. The van der Waals surface area contributed by atoms with Gasteiger partial charge < -0.3 is 37.9 Å². The van der Waals surface area contributed by atoms with E-state index >= 15 is 0 Å². The van der Waals surface area contributed by atoms with Crippen molar-refractivity contribution in [2.24, 2.45) is 0 Å². The second-order valence-electron chi connectivity index (χ2n) is 7.36. The number of ether oxygens (including phenoxy) is 8. The lowest BCUT2D eigenvalue weighted by Gasteiger charge is -2.13. The summed E-state index contributed by atoms with van der Waals surface area (Å²) in [5.41, 5.74) is 0.364. The number of hydrogen-bond acceptors (Lipinski definition) is 11. The first-order chi connectivity index (χ1) is 17.5. The molecule has 0 aromatic rings. The molecule has 12 nitrogen and oxygen atoms in total. The Balaban J connectivity index is 1.68. The molecule has 0 aromatic carbocycles. The van der Waals surface area contributed by atoms with E-state index in [4.69, 9.17) is 37.9 Å². The number of nitrogens with zero attached hydrogens (tertiary/aromatic N) is 1. The number of carbonyl (C=O) groups is 3. The molecule has 0 unspecified atom stereocenters. The van der Waals surface area contributed by atoms with E-state index in [1.54, 1.807) is 6.92 Å². The van der Waals surface area contributed by atoms with Crippen LogP contribution in [0.5, 0.6) is 0 Å². The van der Waals surface area contributed by atoms with Crippen LogP contribution in [-0.4, -0.2) is 128 Å². The minimum atomic E-state index is -0.420. The Kier molecular flexibility index (Phi) is 19.5. The zero-order valence-corrected chi connectivity index (χ0v) is 21.1. The molecule has 0 atom stereocenters. The van der Waals surface area contributed by atoms with Gasteiger partial charge in [-0.1, -0.05) is 6.58 Å². The lowest BCUT2D eigenvalue weighted by atomic mass is 10.4. The van der Waals surface area contributed by atoms with Crippen LogP contribution < -0.4 is 0 Å². The predicted octanol–water partition coefficient (Wildman–Crippen LogP) is 0.147. The van der Waals surface area contributed by atoms with E-state index in [2.05, 4.69) is 6.58 Å². The van der Waals surface area contributed by atoms with Crippen molar-refractivity contribution in [3.05, 3.63) is 24.3 Å². The van der Waals surface area contributed by atoms with Gasteiger partial charge in [0.05, 0.1) is 99.0 Å². The van der Waals surface area contributed by atoms with E-state index in [9.17, 15) is 14.4 Å². The molecule has 12 heteroatoms. The summed E-state index contributed by atoms with van der Waals surface area (Å²) in [7, 11) is 0. The summed E-state index contributed by atoms with van der Waals surface area (Å²) in [6.07, 6.45) is 2.50. The number of rotatable bonds is 25. The standard InChI is InChI=1S/C24H39NO11/c1-21(2)24(28)36-20-19-35-18-17-34-16-15-33-14-13-32-12-11-31-10-9-30-8-7-29-6-5-25-22(26)3-4-23(25)27/h3-4H,1,5-20H2,2H3. The molecule has 0 N–H and O–H groups in total. The summed E-state index contributed by atoms with van der Waals surface area (Å²) in [6, 6.07) is 0. The van der Waals surface area contributed by atoms with Crippen LogP contribution in [0.15, 0.2) is 24.3 Å². The smallest absolute Gasteiger partial charge is 0.333 e. The molecule has 0 radical (unpaired) electrons. The number of hydrogen-bond donors (Lipinski definition) is 0. The van der Waals surface area contributed by atoms with Crippen LogP contribution >= 0.6 is 0 Å². The minimum Gasteiger partial charge on any atom is -0.460 e. The number of carbonyl (C=O) groups excluding carboxylic acids is 3. The average molecular weight is 518 g/mol. The molecule has 0 aliphatic carbocycles. The van der Waals surface area contributed by atoms with E-state index in [-0.39, 0.29) is 31.6 Å². The van der Waals surface area contributed by atoms with Gasteiger partial charge in [0.1, 0.15) is 6.61 Å². The molecule has 0 spiro atoms. The number of amides is 2. The second-order valence-corrected chi connectivity index (χ2v) is 7.36. The largest absolute Gasteiger partial charge is 0.460 e. The van der Waals surface area contributed by atoms with Crippen LogP contribution in [0.3, 0.4) is 0 Å². The fraction of sp³-hybridized carbons (Fsp3) is 0.708.